The zero-order chi connectivity index (χ0) is 21.9. The zero-order valence-electron chi connectivity index (χ0n) is 17.4. The number of para-hydroxylation sites is 1. The van der Waals surface area contributed by atoms with Gasteiger partial charge in [0.05, 0.1) is 16.1 Å². The quantitative estimate of drug-likeness (QED) is 0.610. The summed E-state index contributed by atoms with van der Waals surface area (Å²) >= 11 is 0. The second-order valence-electron chi connectivity index (χ2n) is 7.18. The molecule has 7 heteroatoms. The molecule has 0 saturated heterocycles. The van der Waals surface area contributed by atoms with E-state index in [1.807, 2.05) is 44.2 Å². The van der Waals surface area contributed by atoms with E-state index in [2.05, 4.69) is 10.6 Å². The van der Waals surface area contributed by atoms with Crippen LogP contribution in [0.15, 0.2) is 71.6 Å². The SMILES string of the molecule is Cc1cccc(Nc2ccccc2C(=O)Nc2ccc(S(=O)(=O)N(C)C)cc2)c1C. The summed E-state index contributed by atoms with van der Waals surface area (Å²) in [7, 11) is -0.558. The molecular weight excluding hydrogens is 398 g/mol. The van der Waals surface area contributed by atoms with Gasteiger partial charge in [-0.1, -0.05) is 24.3 Å². The number of carbonyl (C=O) groups is 1. The molecule has 0 atom stereocenters. The smallest absolute Gasteiger partial charge is 0.257 e. The van der Waals surface area contributed by atoms with Crippen LogP contribution in [0, 0.1) is 13.8 Å². The Hall–Kier alpha value is -3.16. The van der Waals surface area contributed by atoms with Crippen molar-refractivity contribution >= 4 is 33.0 Å². The van der Waals surface area contributed by atoms with Crippen LogP contribution >= 0.6 is 0 Å². The highest BCUT2D eigenvalue weighted by atomic mass is 32.2. The number of aryl methyl sites for hydroxylation is 1. The van der Waals surface area contributed by atoms with Gasteiger partial charge in [-0.3, -0.25) is 4.79 Å². The van der Waals surface area contributed by atoms with Gasteiger partial charge in [-0.05, 0) is 67.4 Å². The highest BCUT2D eigenvalue weighted by Crippen LogP contribution is 2.26. The van der Waals surface area contributed by atoms with Gasteiger partial charge in [0.2, 0.25) is 10.0 Å². The number of benzene rings is 3. The van der Waals surface area contributed by atoms with E-state index in [1.165, 1.54) is 26.2 Å². The summed E-state index contributed by atoms with van der Waals surface area (Å²) in [4.78, 5) is 13.1. The Kier molecular flexibility index (Phi) is 6.24. The van der Waals surface area contributed by atoms with E-state index < -0.39 is 10.0 Å². The molecule has 0 aliphatic heterocycles. The zero-order valence-corrected chi connectivity index (χ0v) is 18.2. The van der Waals surface area contributed by atoms with Crippen molar-refractivity contribution < 1.29 is 13.2 Å². The average Bonchev–Trinajstić information content (AvgIpc) is 2.72. The summed E-state index contributed by atoms with van der Waals surface area (Å²) < 4.78 is 25.5. The molecule has 30 heavy (non-hydrogen) atoms. The van der Waals surface area contributed by atoms with Crippen molar-refractivity contribution in [3.63, 3.8) is 0 Å². The van der Waals surface area contributed by atoms with Crippen molar-refractivity contribution in [1.82, 2.24) is 4.31 Å². The number of sulfonamides is 1. The summed E-state index contributed by atoms with van der Waals surface area (Å²) in [6.45, 7) is 4.07. The largest absolute Gasteiger partial charge is 0.355 e. The molecule has 0 bridgehead atoms. The van der Waals surface area contributed by atoms with Crippen molar-refractivity contribution in [1.29, 1.82) is 0 Å². The number of nitrogens with one attached hydrogen (secondary N) is 2. The first-order valence-electron chi connectivity index (χ1n) is 9.46. The first-order chi connectivity index (χ1) is 14.2. The number of carbonyl (C=O) groups excluding carboxylic acids is 1. The lowest BCUT2D eigenvalue weighted by Gasteiger charge is -2.15. The second-order valence-corrected chi connectivity index (χ2v) is 9.34. The van der Waals surface area contributed by atoms with Crippen LogP contribution in [-0.4, -0.2) is 32.7 Å². The Morgan fingerprint density at radius 1 is 0.833 bits per heavy atom. The molecule has 0 spiro atoms. The third kappa shape index (κ3) is 4.53. The topological polar surface area (TPSA) is 78.5 Å². The molecule has 0 radical (unpaired) electrons. The van der Waals surface area contributed by atoms with Gasteiger partial charge < -0.3 is 10.6 Å². The van der Waals surface area contributed by atoms with E-state index in [9.17, 15) is 13.2 Å². The number of amides is 1. The van der Waals surface area contributed by atoms with E-state index in [4.69, 9.17) is 0 Å². The van der Waals surface area contributed by atoms with Crippen LogP contribution in [0.4, 0.5) is 17.1 Å². The molecule has 0 heterocycles. The van der Waals surface area contributed by atoms with Gasteiger partial charge >= 0.3 is 0 Å². The molecule has 3 aromatic rings. The molecule has 0 aromatic heterocycles. The summed E-state index contributed by atoms with van der Waals surface area (Å²) in [5.74, 6) is -0.286. The van der Waals surface area contributed by atoms with E-state index in [0.717, 1.165) is 21.1 Å². The third-order valence-electron chi connectivity index (χ3n) is 4.94. The third-order valence-corrected chi connectivity index (χ3v) is 6.77. The van der Waals surface area contributed by atoms with Gasteiger partial charge in [-0.15, -0.1) is 0 Å². The van der Waals surface area contributed by atoms with Gasteiger partial charge in [0, 0.05) is 25.5 Å². The van der Waals surface area contributed by atoms with Crippen LogP contribution in [0.3, 0.4) is 0 Å². The maximum Gasteiger partial charge on any atom is 0.257 e. The van der Waals surface area contributed by atoms with Gasteiger partial charge in [0.1, 0.15) is 0 Å². The van der Waals surface area contributed by atoms with Crippen LogP contribution < -0.4 is 10.6 Å². The Bertz CT molecular complexity index is 1170. The first-order valence-corrected chi connectivity index (χ1v) is 10.9. The average molecular weight is 424 g/mol. The minimum Gasteiger partial charge on any atom is -0.355 e. The van der Waals surface area contributed by atoms with Gasteiger partial charge in [-0.2, -0.15) is 0 Å². The van der Waals surface area contributed by atoms with Crippen LogP contribution in [0.2, 0.25) is 0 Å². The number of hydrogen-bond donors (Lipinski definition) is 2. The van der Waals surface area contributed by atoms with E-state index in [-0.39, 0.29) is 10.8 Å². The standard InChI is InChI=1S/C23H25N3O3S/c1-16-8-7-11-21(17(16)2)25-22-10-6-5-9-20(22)23(27)24-18-12-14-19(15-13-18)30(28,29)26(3)4/h5-15,25H,1-4H3,(H,24,27). The number of nitrogens with zero attached hydrogens (tertiary/aromatic N) is 1. The van der Waals surface area contributed by atoms with Crippen LogP contribution in [-0.2, 0) is 10.0 Å². The molecule has 0 aliphatic rings. The highest BCUT2D eigenvalue weighted by Gasteiger charge is 2.17. The maximum absolute atomic E-state index is 12.9. The van der Waals surface area contributed by atoms with Crippen molar-refractivity contribution in [2.24, 2.45) is 0 Å². The number of anilines is 3. The summed E-state index contributed by atoms with van der Waals surface area (Å²) in [6, 6.07) is 19.4. The van der Waals surface area contributed by atoms with E-state index >= 15 is 0 Å². The lowest BCUT2D eigenvalue weighted by molar-refractivity contribution is 0.102. The Morgan fingerprint density at radius 2 is 1.47 bits per heavy atom. The van der Waals surface area contributed by atoms with Crippen LogP contribution in [0.5, 0.6) is 0 Å². The fourth-order valence-electron chi connectivity index (χ4n) is 2.94. The lowest BCUT2D eigenvalue weighted by atomic mass is 10.1. The van der Waals surface area contributed by atoms with E-state index in [0.29, 0.717) is 16.9 Å². The van der Waals surface area contributed by atoms with Crippen LogP contribution in [0.25, 0.3) is 0 Å². The number of hydrogen-bond acceptors (Lipinski definition) is 4. The molecule has 0 unspecified atom stereocenters. The Balaban J connectivity index is 1.82. The maximum atomic E-state index is 12.9. The predicted octanol–water partition coefficient (Wildman–Crippen LogP) is 4.55. The number of rotatable bonds is 6. The fraction of sp³-hybridized carbons (Fsp3) is 0.174. The molecule has 3 rings (SSSR count). The fourth-order valence-corrected chi connectivity index (χ4v) is 3.84. The lowest BCUT2D eigenvalue weighted by Crippen LogP contribution is -2.22. The molecule has 1 amide bonds. The molecule has 6 nitrogen and oxygen atoms in total. The summed E-state index contributed by atoms with van der Waals surface area (Å²) in [6.07, 6.45) is 0. The molecular formula is C23H25N3O3S. The van der Waals surface area contributed by atoms with Crippen molar-refractivity contribution in [3.05, 3.63) is 83.4 Å². The molecule has 0 aliphatic carbocycles. The molecule has 0 saturated carbocycles. The normalized spacial score (nSPS) is 11.4. The first kappa shape index (κ1) is 21.5. The van der Waals surface area contributed by atoms with Crippen LogP contribution in [0.1, 0.15) is 21.5 Å². The molecule has 0 fully saturated rings. The highest BCUT2D eigenvalue weighted by molar-refractivity contribution is 7.89. The minimum atomic E-state index is -3.51. The predicted molar refractivity (Wildman–Crippen MR) is 121 cm³/mol. The molecule has 3 aromatic carbocycles. The van der Waals surface area contributed by atoms with Gasteiger partial charge in [0.15, 0.2) is 0 Å². The second kappa shape index (κ2) is 8.69. The molecule has 156 valence electrons. The summed E-state index contributed by atoms with van der Waals surface area (Å²) in [5, 5.41) is 6.18. The monoisotopic (exact) mass is 423 g/mol. The Labute approximate surface area is 177 Å². The van der Waals surface area contributed by atoms with Gasteiger partial charge in [0.25, 0.3) is 5.91 Å². The van der Waals surface area contributed by atoms with E-state index in [1.54, 1.807) is 24.3 Å². The van der Waals surface area contributed by atoms with Crippen molar-refractivity contribution in [2.45, 2.75) is 18.7 Å². The van der Waals surface area contributed by atoms with Crippen molar-refractivity contribution in [3.8, 4) is 0 Å². The Morgan fingerprint density at radius 3 is 2.13 bits per heavy atom. The minimum absolute atomic E-state index is 0.169. The summed E-state index contributed by atoms with van der Waals surface area (Å²) in [5.41, 5.74) is 4.91. The molecule has 2 N–H and O–H groups in total. The van der Waals surface area contributed by atoms with Crippen molar-refractivity contribution in [2.75, 3.05) is 24.7 Å². The van der Waals surface area contributed by atoms with Gasteiger partial charge in [-0.25, -0.2) is 12.7 Å².